The molecule has 4 rings (SSSR count). The summed E-state index contributed by atoms with van der Waals surface area (Å²) in [6.07, 6.45) is 3.73. The lowest BCUT2D eigenvalue weighted by molar-refractivity contribution is -0.115. The maximum atomic E-state index is 12.1. The van der Waals surface area contributed by atoms with E-state index in [2.05, 4.69) is 5.32 Å². The van der Waals surface area contributed by atoms with E-state index in [-0.39, 0.29) is 5.91 Å². The van der Waals surface area contributed by atoms with Gasteiger partial charge in [0.1, 0.15) is 15.8 Å². The summed E-state index contributed by atoms with van der Waals surface area (Å²) in [5, 5.41) is 7.40. The topological polar surface area (TPSA) is 56.1 Å². The van der Waals surface area contributed by atoms with Crippen LogP contribution < -0.4 is 10.1 Å². The van der Waals surface area contributed by atoms with Gasteiger partial charge in [-0.05, 0) is 30.3 Å². The van der Waals surface area contributed by atoms with Gasteiger partial charge in [0.15, 0.2) is 0 Å². The van der Waals surface area contributed by atoms with Gasteiger partial charge >= 0.3 is 0 Å². The summed E-state index contributed by atoms with van der Waals surface area (Å²) in [6.45, 7) is 0. The highest BCUT2D eigenvalue weighted by molar-refractivity contribution is 8.26. The fourth-order valence-electron chi connectivity index (χ4n) is 2.76. The van der Waals surface area contributed by atoms with E-state index < -0.39 is 0 Å². The van der Waals surface area contributed by atoms with Gasteiger partial charge in [0.2, 0.25) is 0 Å². The van der Waals surface area contributed by atoms with Crippen LogP contribution in [0.25, 0.3) is 23.0 Å². The first-order valence-electron chi connectivity index (χ1n) is 8.18. The molecule has 1 fully saturated rings. The van der Waals surface area contributed by atoms with Gasteiger partial charge < -0.3 is 10.1 Å². The van der Waals surface area contributed by atoms with Crippen molar-refractivity contribution in [3.05, 3.63) is 71.3 Å². The summed E-state index contributed by atoms with van der Waals surface area (Å²) in [4.78, 5) is 12.6. The molecule has 5 nitrogen and oxygen atoms in total. The Balaban J connectivity index is 1.85. The molecule has 0 atom stereocenters. The fraction of sp³-hybridized carbons (Fsp3) is 0.0500. The molecule has 0 radical (unpaired) electrons. The maximum Gasteiger partial charge on any atom is 0.263 e. The third-order valence-electron chi connectivity index (χ3n) is 4.04. The van der Waals surface area contributed by atoms with Crippen molar-refractivity contribution in [2.45, 2.75) is 0 Å². The van der Waals surface area contributed by atoms with Crippen LogP contribution in [0.15, 0.2) is 65.7 Å². The molecular weight excluding hydrogens is 378 g/mol. The van der Waals surface area contributed by atoms with E-state index in [1.165, 1.54) is 11.8 Å². The third-order valence-corrected chi connectivity index (χ3v) is 5.20. The molecule has 27 heavy (non-hydrogen) atoms. The quantitative estimate of drug-likeness (QED) is 0.536. The van der Waals surface area contributed by atoms with Crippen LogP contribution >= 0.6 is 24.0 Å². The lowest BCUT2D eigenvalue weighted by Gasteiger charge is -2.03. The molecule has 2 aromatic carbocycles. The largest absolute Gasteiger partial charge is 0.497 e. The Morgan fingerprint density at radius 1 is 1.19 bits per heavy atom. The molecule has 1 amide bonds. The number of thioether (sulfide) groups is 1. The summed E-state index contributed by atoms with van der Waals surface area (Å²) < 4.78 is 7.60. The number of carbonyl (C=O) groups excluding carboxylic acids is 1. The summed E-state index contributed by atoms with van der Waals surface area (Å²) in [5.41, 5.74) is 3.43. The van der Waals surface area contributed by atoms with Crippen LogP contribution in [0.5, 0.6) is 5.75 Å². The van der Waals surface area contributed by atoms with Crippen LogP contribution in [0.4, 0.5) is 0 Å². The van der Waals surface area contributed by atoms with Gasteiger partial charge in [0.25, 0.3) is 5.91 Å². The molecule has 134 valence electrons. The van der Waals surface area contributed by atoms with Crippen LogP contribution in [0.1, 0.15) is 5.56 Å². The zero-order valence-corrected chi connectivity index (χ0v) is 16.0. The molecule has 0 saturated carbocycles. The summed E-state index contributed by atoms with van der Waals surface area (Å²) in [5.74, 6) is 0.559. The first kappa shape index (κ1) is 17.5. The first-order valence-corrected chi connectivity index (χ1v) is 9.41. The van der Waals surface area contributed by atoms with E-state index in [4.69, 9.17) is 22.1 Å². The molecule has 0 unspecified atom stereocenters. The average Bonchev–Trinajstić information content (AvgIpc) is 3.25. The standard InChI is InChI=1S/C20H15N3O2S2/c1-25-16-9-5-6-13(10-16)18-14(11-17-19(24)21-20(26)27-17)12-23(22-18)15-7-3-2-4-8-15/h2-12H,1H3,(H,21,24,26)/b17-11-. The fourth-order valence-corrected chi connectivity index (χ4v) is 3.80. The predicted molar refractivity (Wildman–Crippen MR) is 112 cm³/mol. The molecule has 0 aliphatic carbocycles. The monoisotopic (exact) mass is 393 g/mol. The Bertz CT molecular complexity index is 1060. The van der Waals surface area contributed by atoms with Crippen molar-refractivity contribution in [2.75, 3.05) is 7.11 Å². The van der Waals surface area contributed by atoms with Crippen LogP contribution in [0.3, 0.4) is 0 Å². The third kappa shape index (κ3) is 3.65. The zero-order valence-electron chi connectivity index (χ0n) is 14.4. The normalized spacial score (nSPS) is 15.2. The lowest BCUT2D eigenvalue weighted by atomic mass is 10.1. The minimum atomic E-state index is -0.186. The molecular formula is C20H15N3O2S2. The highest BCUT2D eigenvalue weighted by Gasteiger charge is 2.23. The van der Waals surface area contributed by atoms with E-state index in [0.29, 0.717) is 9.23 Å². The lowest BCUT2D eigenvalue weighted by Crippen LogP contribution is -2.17. The second-order valence-electron chi connectivity index (χ2n) is 5.80. The Kier molecular flexibility index (Phi) is 4.79. The molecule has 2 heterocycles. The highest BCUT2D eigenvalue weighted by Crippen LogP contribution is 2.32. The molecule has 1 aliphatic heterocycles. The van der Waals surface area contributed by atoms with Crippen LogP contribution in [0, 0.1) is 0 Å². The Morgan fingerprint density at radius 3 is 2.70 bits per heavy atom. The van der Waals surface area contributed by atoms with Gasteiger partial charge in [-0.1, -0.05) is 54.3 Å². The second kappa shape index (κ2) is 7.38. The molecule has 1 aromatic heterocycles. The van der Waals surface area contributed by atoms with Gasteiger partial charge in [0, 0.05) is 17.3 Å². The Labute approximate surface area is 166 Å². The van der Waals surface area contributed by atoms with Crippen molar-refractivity contribution < 1.29 is 9.53 Å². The number of para-hydroxylation sites is 1. The van der Waals surface area contributed by atoms with Crippen LogP contribution in [-0.4, -0.2) is 27.1 Å². The summed E-state index contributed by atoms with van der Waals surface area (Å²) >= 11 is 6.34. The van der Waals surface area contributed by atoms with Crippen molar-refractivity contribution in [3.63, 3.8) is 0 Å². The van der Waals surface area contributed by atoms with Crippen LogP contribution in [-0.2, 0) is 4.79 Å². The Hall–Kier alpha value is -2.90. The van der Waals surface area contributed by atoms with Gasteiger partial charge in [-0.2, -0.15) is 5.10 Å². The van der Waals surface area contributed by atoms with E-state index >= 15 is 0 Å². The van der Waals surface area contributed by atoms with Crippen LogP contribution in [0.2, 0.25) is 0 Å². The number of amides is 1. The number of methoxy groups -OCH3 is 1. The van der Waals surface area contributed by atoms with Crippen molar-refractivity contribution in [1.29, 1.82) is 0 Å². The number of rotatable bonds is 4. The van der Waals surface area contributed by atoms with Gasteiger partial charge in [-0.3, -0.25) is 4.79 Å². The average molecular weight is 393 g/mol. The Morgan fingerprint density at radius 2 is 2.00 bits per heavy atom. The number of carbonyl (C=O) groups is 1. The van der Waals surface area contributed by atoms with E-state index in [1.54, 1.807) is 11.8 Å². The first-order chi connectivity index (χ1) is 13.1. The number of benzene rings is 2. The van der Waals surface area contributed by atoms with Crippen molar-refractivity contribution >= 4 is 40.3 Å². The second-order valence-corrected chi connectivity index (χ2v) is 7.52. The molecule has 7 heteroatoms. The summed E-state index contributed by atoms with van der Waals surface area (Å²) in [6, 6.07) is 17.5. The zero-order chi connectivity index (χ0) is 18.8. The van der Waals surface area contributed by atoms with E-state index in [1.807, 2.05) is 66.9 Å². The minimum Gasteiger partial charge on any atom is -0.497 e. The number of aromatic nitrogens is 2. The highest BCUT2D eigenvalue weighted by atomic mass is 32.2. The molecule has 3 aromatic rings. The number of hydrogen-bond acceptors (Lipinski definition) is 5. The van der Waals surface area contributed by atoms with Gasteiger partial charge in [-0.25, -0.2) is 4.68 Å². The van der Waals surface area contributed by atoms with E-state index in [9.17, 15) is 4.79 Å². The number of nitrogens with zero attached hydrogens (tertiary/aromatic N) is 2. The molecule has 1 saturated heterocycles. The molecule has 1 N–H and O–H groups in total. The molecule has 0 bridgehead atoms. The van der Waals surface area contributed by atoms with Gasteiger partial charge in [-0.15, -0.1) is 0 Å². The molecule has 0 spiro atoms. The maximum absolute atomic E-state index is 12.1. The molecule has 1 aliphatic rings. The number of nitrogens with one attached hydrogen (secondary N) is 1. The number of hydrogen-bond donors (Lipinski definition) is 1. The van der Waals surface area contributed by atoms with Gasteiger partial charge in [0.05, 0.1) is 17.7 Å². The number of thiocarbonyl (C=S) groups is 1. The predicted octanol–water partition coefficient (Wildman–Crippen LogP) is 4.04. The van der Waals surface area contributed by atoms with E-state index in [0.717, 1.165) is 28.3 Å². The van der Waals surface area contributed by atoms with Crippen molar-refractivity contribution in [3.8, 4) is 22.7 Å². The number of ether oxygens (including phenoxy) is 1. The summed E-state index contributed by atoms with van der Waals surface area (Å²) in [7, 11) is 1.63. The van der Waals surface area contributed by atoms with Crippen molar-refractivity contribution in [2.24, 2.45) is 0 Å². The smallest absolute Gasteiger partial charge is 0.263 e. The SMILES string of the molecule is COc1cccc(-c2nn(-c3ccccc3)cc2/C=C2\SC(=S)NC2=O)c1. The van der Waals surface area contributed by atoms with Crippen molar-refractivity contribution in [1.82, 2.24) is 15.1 Å². The minimum absolute atomic E-state index is 0.186.